The molecule has 2 heterocycles. The number of hydrogen-bond acceptors (Lipinski definition) is 3. The molecule has 2 N–H and O–H groups in total. The fourth-order valence-corrected chi connectivity index (χ4v) is 2.60. The first-order chi connectivity index (χ1) is 11.2. The topological polar surface area (TPSA) is 75.6 Å². The molecule has 1 aromatic carbocycles. The van der Waals surface area contributed by atoms with Crippen molar-refractivity contribution in [2.45, 2.75) is 32.9 Å². The molecule has 2 atom stereocenters. The van der Waals surface area contributed by atoms with Gasteiger partial charge in [-0.1, -0.05) is 32.4 Å². The van der Waals surface area contributed by atoms with E-state index in [1.807, 2.05) is 24.3 Å². The zero-order chi connectivity index (χ0) is 16.2. The van der Waals surface area contributed by atoms with E-state index < -0.39 is 0 Å². The molecule has 1 amide bonds. The van der Waals surface area contributed by atoms with E-state index >= 15 is 0 Å². The summed E-state index contributed by atoms with van der Waals surface area (Å²) >= 11 is 0. The summed E-state index contributed by atoms with van der Waals surface area (Å²) in [6.45, 7) is 4.49. The van der Waals surface area contributed by atoms with Crippen molar-refractivity contribution in [2.24, 2.45) is 5.92 Å². The molecule has 0 aliphatic heterocycles. The van der Waals surface area contributed by atoms with Crippen molar-refractivity contribution < 1.29 is 4.79 Å². The maximum absolute atomic E-state index is 12.3. The molecule has 0 aliphatic carbocycles. The number of benzene rings is 1. The Balaban J connectivity index is 1.81. The number of carbonyl (C=O) groups excluding carboxylic acids is 1. The van der Waals surface area contributed by atoms with Gasteiger partial charge in [-0.3, -0.25) is 4.79 Å². The zero-order valence-electron chi connectivity index (χ0n) is 13.4. The molecule has 0 saturated heterocycles. The van der Waals surface area contributed by atoms with Crippen molar-refractivity contribution in [1.29, 1.82) is 0 Å². The number of amides is 1. The Morgan fingerprint density at radius 3 is 2.91 bits per heavy atom. The Bertz CT molecular complexity index is 744. The number of nitrogens with zero attached hydrogens (tertiary/aromatic N) is 3. The van der Waals surface area contributed by atoms with Crippen LogP contribution in [0.25, 0.3) is 11.0 Å². The van der Waals surface area contributed by atoms with E-state index in [2.05, 4.69) is 34.1 Å². The highest BCUT2D eigenvalue weighted by Gasteiger charge is 2.23. The lowest BCUT2D eigenvalue weighted by molar-refractivity contribution is -0.122. The minimum atomic E-state index is -0.136. The Kier molecular flexibility index (Phi) is 4.41. The normalized spacial score (nSPS) is 13.8. The summed E-state index contributed by atoms with van der Waals surface area (Å²) in [5.41, 5.74) is 1.90. The molecule has 0 fully saturated rings. The Morgan fingerprint density at radius 2 is 2.22 bits per heavy atom. The third kappa shape index (κ3) is 3.41. The summed E-state index contributed by atoms with van der Waals surface area (Å²) in [5.74, 6) is 1.04. The van der Waals surface area contributed by atoms with Gasteiger partial charge in [0.25, 0.3) is 0 Å². The van der Waals surface area contributed by atoms with Crippen molar-refractivity contribution >= 4 is 16.9 Å². The summed E-state index contributed by atoms with van der Waals surface area (Å²) in [4.78, 5) is 24.3. The maximum Gasteiger partial charge on any atom is 0.240 e. The molecule has 0 aliphatic rings. The van der Waals surface area contributed by atoms with Gasteiger partial charge in [0.2, 0.25) is 5.91 Å². The average Bonchev–Trinajstić information content (AvgIpc) is 3.20. The highest BCUT2D eigenvalue weighted by atomic mass is 16.2. The molecule has 0 spiro atoms. The van der Waals surface area contributed by atoms with Crippen LogP contribution in [0.15, 0.2) is 43.0 Å². The summed E-state index contributed by atoms with van der Waals surface area (Å²) in [6, 6.07) is 7.76. The summed E-state index contributed by atoms with van der Waals surface area (Å²) in [7, 11) is 0. The molecule has 120 valence electrons. The van der Waals surface area contributed by atoms with Crippen LogP contribution in [0.2, 0.25) is 0 Å². The van der Waals surface area contributed by atoms with Gasteiger partial charge in [0.15, 0.2) is 0 Å². The molecule has 23 heavy (non-hydrogen) atoms. The molecule has 0 unspecified atom stereocenters. The Morgan fingerprint density at radius 1 is 1.39 bits per heavy atom. The van der Waals surface area contributed by atoms with Gasteiger partial charge in [-0.05, 0) is 18.1 Å². The van der Waals surface area contributed by atoms with E-state index in [4.69, 9.17) is 0 Å². The minimum Gasteiger partial charge on any atom is -0.344 e. The number of carbonyl (C=O) groups is 1. The molecular formula is C17H21N5O. The Labute approximate surface area is 135 Å². The van der Waals surface area contributed by atoms with Crippen LogP contribution >= 0.6 is 0 Å². The predicted octanol–water partition coefficient (Wildman–Crippen LogP) is 2.66. The zero-order valence-corrected chi connectivity index (χ0v) is 13.4. The van der Waals surface area contributed by atoms with Gasteiger partial charge >= 0.3 is 0 Å². The van der Waals surface area contributed by atoms with Crippen LogP contribution < -0.4 is 5.32 Å². The molecule has 6 heteroatoms. The Hall–Kier alpha value is -2.63. The van der Waals surface area contributed by atoms with E-state index in [0.29, 0.717) is 0 Å². The SMILES string of the molecule is CC[C@H](C)[C@H](NC(=O)Cn1ccnc1)c1nc2ccccc2[nH]1. The van der Waals surface area contributed by atoms with Crippen LogP contribution in [0, 0.1) is 5.92 Å². The number of aromatic amines is 1. The lowest BCUT2D eigenvalue weighted by Crippen LogP contribution is -2.35. The third-order valence-electron chi connectivity index (χ3n) is 4.12. The highest BCUT2D eigenvalue weighted by Crippen LogP contribution is 2.24. The molecule has 6 nitrogen and oxygen atoms in total. The van der Waals surface area contributed by atoms with Gasteiger partial charge in [0, 0.05) is 12.4 Å². The summed E-state index contributed by atoms with van der Waals surface area (Å²) in [6.07, 6.45) is 6.03. The van der Waals surface area contributed by atoms with Crippen molar-refractivity contribution in [3.63, 3.8) is 0 Å². The number of rotatable bonds is 6. The first-order valence-electron chi connectivity index (χ1n) is 7.87. The standard InChI is InChI=1S/C17H21N5O/c1-3-12(2)16(21-15(23)10-22-9-8-18-11-22)17-19-13-6-4-5-7-14(13)20-17/h4-9,11-12,16H,3,10H2,1-2H3,(H,19,20)(H,21,23)/t12-,16-/m0/s1. The predicted molar refractivity (Wildman–Crippen MR) is 88.7 cm³/mol. The first kappa shape index (κ1) is 15.3. The molecule has 0 saturated carbocycles. The van der Waals surface area contributed by atoms with Gasteiger partial charge in [-0.15, -0.1) is 0 Å². The second kappa shape index (κ2) is 6.64. The lowest BCUT2D eigenvalue weighted by Gasteiger charge is -2.22. The van der Waals surface area contributed by atoms with Crippen LogP contribution in [0.3, 0.4) is 0 Å². The molecule has 2 aromatic heterocycles. The fourth-order valence-electron chi connectivity index (χ4n) is 2.60. The smallest absolute Gasteiger partial charge is 0.240 e. The number of aromatic nitrogens is 4. The van der Waals surface area contributed by atoms with Gasteiger partial charge < -0.3 is 14.9 Å². The number of H-pyrrole nitrogens is 1. The van der Waals surface area contributed by atoms with Crippen molar-refractivity contribution in [2.75, 3.05) is 0 Å². The third-order valence-corrected chi connectivity index (χ3v) is 4.12. The second-order valence-electron chi connectivity index (χ2n) is 5.80. The van der Waals surface area contributed by atoms with Crippen LogP contribution in [0.1, 0.15) is 32.1 Å². The summed E-state index contributed by atoms with van der Waals surface area (Å²) < 4.78 is 1.75. The molecule has 3 aromatic rings. The largest absolute Gasteiger partial charge is 0.344 e. The van der Waals surface area contributed by atoms with Gasteiger partial charge in [-0.25, -0.2) is 9.97 Å². The number of fused-ring (bicyclic) bond motifs is 1. The number of imidazole rings is 2. The van der Waals surface area contributed by atoms with E-state index in [1.54, 1.807) is 23.3 Å². The molecule has 0 bridgehead atoms. The van der Waals surface area contributed by atoms with Crippen LogP contribution in [-0.2, 0) is 11.3 Å². The van der Waals surface area contributed by atoms with Gasteiger partial charge in [0.1, 0.15) is 12.4 Å². The molecule has 3 rings (SSSR count). The number of hydrogen-bond donors (Lipinski definition) is 2. The second-order valence-corrected chi connectivity index (χ2v) is 5.80. The highest BCUT2D eigenvalue weighted by molar-refractivity contribution is 5.77. The van der Waals surface area contributed by atoms with Crippen molar-refractivity contribution in [3.05, 3.63) is 48.8 Å². The minimum absolute atomic E-state index is 0.0474. The number of nitrogens with one attached hydrogen (secondary N) is 2. The van der Waals surface area contributed by atoms with E-state index in [-0.39, 0.29) is 24.4 Å². The van der Waals surface area contributed by atoms with E-state index in [1.165, 1.54) is 0 Å². The van der Waals surface area contributed by atoms with E-state index in [0.717, 1.165) is 23.3 Å². The lowest BCUT2D eigenvalue weighted by atomic mass is 9.98. The monoisotopic (exact) mass is 311 g/mol. The maximum atomic E-state index is 12.3. The van der Waals surface area contributed by atoms with Crippen molar-refractivity contribution in [1.82, 2.24) is 24.8 Å². The van der Waals surface area contributed by atoms with Crippen LogP contribution in [-0.4, -0.2) is 25.4 Å². The first-order valence-corrected chi connectivity index (χ1v) is 7.87. The quantitative estimate of drug-likeness (QED) is 0.735. The number of para-hydroxylation sites is 2. The molecular weight excluding hydrogens is 290 g/mol. The average molecular weight is 311 g/mol. The summed E-state index contributed by atoms with van der Waals surface area (Å²) in [5, 5.41) is 3.10. The van der Waals surface area contributed by atoms with Gasteiger partial charge in [0.05, 0.1) is 23.4 Å². The van der Waals surface area contributed by atoms with Crippen molar-refractivity contribution in [3.8, 4) is 0 Å². The molecule has 0 radical (unpaired) electrons. The van der Waals surface area contributed by atoms with Crippen LogP contribution in [0.4, 0.5) is 0 Å². The fraction of sp³-hybridized carbons (Fsp3) is 0.353. The van der Waals surface area contributed by atoms with Gasteiger partial charge in [-0.2, -0.15) is 0 Å². The van der Waals surface area contributed by atoms with E-state index in [9.17, 15) is 4.79 Å². The van der Waals surface area contributed by atoms with Crippen LogP contribution in [0.5, 0.6) is 0 Å².